The molecule has 0 atom stereocenters. The fourth-order valence-corrected chi connectivity index (χ4v) is 3.64. The summed E-state index contributed by atoms with van der Waals surface area (Å²) in [6.07, 6.45) is 2.71. The largest absolute Gasteiger partial charge is 0.372 e. The van der Waals surface area contributed by atoms with Crippen LogP contribution in [-0.4, -0.2) is 37.6 Å². The zero-order valence-corrected chi connectivity index (χ0v) is 15.9. The highest BCUT2D eigenvalue weighted by molar-refractivity contribution is 5.46. The molecule has 130 valence electrons. The maximum absolute atomic E-state index is 2.68. The number of para-hydroxylation sites is 1. The molecule has 0 radical (unpaired) electrons. The van der Waals surface area contributed by atoms with Crippen molar-refractivity contribution < 1.29 is 0 Å². The van der Waals surface area contributed by atoms with E-state index in [0.29, 0.717) is 5.41 Å². The molecule has 2 saturated heterocycles. The second-order valence-electron chi connectivity index (χ2n) is 8.05. The molecule has 2 aliphatic heterocycles. The molecule has 0 amide bonds. The summed E-state index contributed by atoms with van der Waals surface area (Å²) in [6, 6.07) is 10.9. The average Bonchev–Trinajstić information content (AvgIpc) is 2.53. The van der Waals surface area contributed by atoms with Crippen molar-refractivity contribution in [3.8, 4) is 0 Å². The van der Waals surface area contributed by atoms with Gasteiger partial charge in [-0.25, -0.2) is 0 Å². The van der Waals surface area contributed by atoms with E-state index in [0.717, 1.165) is 11.8 Å². The highest BCUT2D eigenvalue weighted by Gasteiger charge is 2.36. The summed E-state index contributed by atoms with van der Waals surface area (Å²) in [6.45, 7) is 17.6. The molecule has 0 saturated carbocycles. The molecule has 23 heavy (non-hydrogen) atoms. The van der Waals surface area contributed by atoms with E-state index < -0.39 is 0 Å². The third kappa shape index (κ3) is 4.97. The van der Waals surface area contributed by atoms with Crippen molar-refractivity contribution in [3.05, 3.63) is 30.3 Å². The quantitative estimate of drug-likeness (QED) is 0.782. The second kappa shape index (κ2) is 8.19. The summed E-state index contributed by atoms with van der Waals surface area (Å²) >= 11 is 0. The topological polar surface area (TPSA) is 6.48 Å². The highest BCUT2D eigenvalue weighted by atomic mass is 15.2. The zero-order valence-electron chi connectivity index (χ0n) is 15.9. The number of nitrogens with zero attached hydrogens (tertiary/aromatic N) is 2. The van der Waals surface area contributed by atoms with E-state index in [1.807, 2.05) is 13.8 Å². The predicted octanol–water partition coefficient (Wildman–Crippen LogP) is 4.91. The maximum atomic E-state index is 2.68. The molecule has 0 aromatic heterocycles. The van der Waals surface area contributed by atoms with Crippen molar-refractivity contribution in [3.63, 3.8) is 0 Å². The third-order valence-electron chi connectivity index (χ3n) is 5.43. The van der Waals surface area contributed by atoms with Crippen molar-refractivity contribution in [2.45, 2.75) is 47.5 Å². The first-order valence-corrected chi connectivity index (χ1v) is 9.55. The molecule has 0 aliphatic carbocycles. The molecular formula is C21H36N2. The van der Waals surface area contributed by atoms with Gasteiger partial charge in [0, 0.05) is 38.4 Å². The van der Waals surface area contributed by atoms with E-state index in [9.17, 15) is 0 Å². The summed E-state index contributed by atoms with van der Waals surface area (Å²) in [4.78, 5) is 5.23. The Morgan fingerprint density at radius 3 is 2.04 bits per heavy atom. The molecule has 2 nitrogen and oxygen atoms in total. The summed E-state index contributed by atoms with van der Waals surface area (Å²) in [5, 5.41) is 0. The molecule has 3 rings (SSSR count). The minimum atomic E-state index is 0.493. The predicted molar refractivity (Wildman–Crippen MR) is 102 cm³/mol. The Morgan fingerprint density at radius 1 is 0.957 bits per heavy atom. The molecule has 2 heterocycles. The molecule has 2 aliphatic rings. The molecule has 1 aromatic rings. The Kier molecular flexibility index (Phi) is 6.52. The van der Waals surface area contributed by atoms with Crippen LogP contribution in [0.5, 0.6) is 0 Å². The van der Waals surface area contributed by atoms with Gasteiger partial charge in [0.1, 0.15) is 0 Å². The van der Waals surface area contributed by atoms with Gasteiger partial charge in [-0.2, -0.15) is 0 Å². The van der Waals surface area contributed by atoms with Gasteiger partial charge in [-0.3, -0.25) is 0 Å². The van der Waals surface area contributed by atoms with Gasteiger partial charge in [0.2, 0.25) is 0 Å². The van der Waals surface area contributed by atoms with E-state index in [4.69, 9.17) is 0 Å². The lowest BCUT2D eigenvalue weighted by Gasteiger charge is -2.48. The van der Waals surface area contributed by atoms with Gasteiger partial charge < -0.3 is 9.80 Å². The van der Waals surface area contributed by atoms with Gasteiger partial charge >= 0.3 is 0 Å². The monoisotopic (exact) mass is 316 g/mol. The Bertz CT molecular complexity index is 435. The Labute approximate surface area is 143 Å². The summed E-state index contributed by atoms with van der Waals surface area (Å²) in [5.74, 6) is 1.81. The molecule has 2 heteroatoms. The van der Waals surface area contributed by atoms with Crippen LogP contribution in [0.4, 0.5) is 5.69 Å². The standard InChI is InChI=1S/C19H30N2.C2H6/c1-19(2,3)17-14-20(15-17)13-16-9-11-21(12-10-16)18-7-5-4-6-8-18;1-2/h4-8,16-17H,9-15H2,1-3H3;1-2H3. The van der Waals surface area contributed by atoms with Crippen LogP contribution in [0.3, 0.4) is 0 Å². The van der Waals surface area contributed by atoms with Crippen molar-refractivity contribution >= 4 is 5.69 Å². The van der Waals surface area contributed by atoms with Crippen molar-refractivity contribution in [1.29, 1.82) is 0 Å². The number of rotatable bonds is 3. The van der Waals surface area contributed by atoms with Crippen LogP contribution in [0.1, 0.15) is 47.5 Å². The first-order chi connectivity index (χ1) is 11.0. The molecule has 0 spiro atoms. The van der Waals surface area contributed by atoms with Crippen LogP contribution in [0.25, 0.3) is 0 Å². The molecule has 0 bridgehead atoms. The van der Waals surface area contributed by atoms with Gasteiger partial charge in [-0.05, 0) is 42.2 Å². The number of hydrogen-bond donors (Lipinski definition) is 0. The number of anilines is 1. The van der Waals surface area contributed by atoms with E-state index >= 15 is 0 Å². The number of likely N-dealkylation sites (tertiary alicyclic amines) is 1. The fraction of sp³-hybridized carbons (Fsp3) is 0.714. The first-order valence-electron chi connectivity index (χ1n) is 9.55. The minimum absolute atomic E-state index is 0.493. The minimum Gasteiger partial charge on any atom is -0.372 e. The molecule has 0 unspecified atom stereocenters. The third-order valence-corrected chi connectivity index (χ3v) is 5.43. The maximum Gasteiger partial charge on any atom is 0.0366 e. The zero-order chi connectivity index (χ0) is 16.9. The van der Waals surface area contributed by atoms with Gasteiger partial charge in [-0.15, -0.1) is 0 Å². The fourth-order valence-electron chi connectivity index (χ4n) is 3.64. The van der Waals surface area contributed by atoms with Crippen LogP contribution in [0, 0.1) is 17.3 Å². The highest BCUT2D eigenvalue weighted by Crippen LogP contribution is 2.34. The van der Waals surface area contributed by atoms with Crippen LogP contribution in [0.15, 0.2) is 30.3 Å². The van der Waals surface area contributed by atoms with E-state index in [2.05, 4.69) is 60.9 Å². The average molecular weight is 317 g/mol. The second-order valence-corrected chi connectivity index (χ2v) is 8.05. The number of benzene rings is 1. The van der Waals surface area contributed by atoms with E-state index in [1.165, 1.54) is 51.3 Å². The summed E-state index contributed by atoms with van der Waals surface area (Å²) in [5.41, 5.74) is 1.89. The number of piperidine rings is 1. The summed E-state index contributed by atoms with van der Waals surface area (Å²) in [7, 11) is 0. The Morgan fingerprint density at radius 2 is 1.52 bits per heavy atom. The van der Waals surface area contributed by atoms with E-state index in [-0.39, 0.29) is 0 Å². The van der Waals surface area contributed by atoms with Gasteiger partial charge in [0.15, 0.2) is 0 Å². The normalized spacial score (nSPS) is 20.7. The van der Waals surface area contributed by atoms with Crippen LogP contribution >= 0.6 is 0 Å². The van der Waals surface area contributed by atoms with Gasteiger partial charge in [-0.1, -0.05) is 52.8 Å². The smallest absolute Gasteiger partial charge is 0.0366 e. The lowest BCUT2D eigenvalue weighted by Crippen LogP contribution is -2.54. The van der Waals surface area contributed by atoms with Crippen molar-refractivity contribution in [2.24, 2.45) is 17.3 Å². The van der Waals surface area contributed by atoms with E-state index in [1.54, 1.807) is 0 Å². The van der Waals surface area contributed by atoms with Crippen LogP contribution in [0.2, 0.25) is 0 Å². The molecule has 0 N–H and O–H groups in total. The molecule has 2 fully saturated rings. The van der Waals surface area contributed by atoms with Crippen LogP contribution in [-0.2, 0) is 0 Å². The lowest BCUT2D eigenvalue weighted by atomic mass is 9.75. The Hall–Kier alpha value is -1.02. The van der Waals surface area contributed by atoms with Crippen molar-refractivity contribution in [2.75, 3.05) is 37.6 Å². The first kappa shape index (κ1) is 18.3. The number of hydrogen-bond acceptors (Lipinski definition) is 2. The SMILES string of the molecule is CC.CC(C)(C)C1CN(CC2CCN(c3ccccc3)CC2)C1. The molecule has 1 aromatic carbocycles. The lowest BCUT2D eigenvalue weighted by molar-refractivity contribution is 0.0115. The molecular weight excluding hydrogens is 280 g/mol. The Balaban J connectivity index is 0.000000924. The summed E-state index contributed by atoms with van der Waals surface area (Å²) < 4.78 is 0. The van der Waals surface area contributed by atoms with Gasteiger partial charge in [0.25, 0.3) is 0 Å². The van der Waals surface area contributed by atoms with Gasteiger partial charge in [0.05, 0.1) is 0 Å². The van der Waals surface area contributed by atoms with Crippen molar-refractivity contribution in [1.82, 2.24) is 4.90 Å². The van der Waals surface area contributed by atoms with Crippen LogP contribution < -0.4 is 4.90 Å².